The van der Waals surface area contributed by atoms with E-state index in [0.29, 0.717) is 17.7 Å². The highest BCUT2D eigenvalue weighted by Gasteiger charge is 2.15. The number of amides is 1. The number of carbonyl (C=O) groups is 2. The lowest BCUT2D eigenvalue weighted by Crippen LogP contribution is -2.32. The highest BCUT2D eigenvalue weighted by molar-refractivity contribution is 5.73. The molecule has 0 spiro atoms. The van der Waals surface area contributed by atoms with E-state index in [1.165, 1.54) is 12.4 Å². The van der Waals surface area contributed by atoms with Crippen LogP contribution >= 0.6 is 0 Å². The first kappa shape index (κ1) is 13.1. The monoisotopic (exact) mass is 237 g/mol. The van der Waals surface area contributed by atoms with E-state index in [-0.39, 0.29) is 6.54 Å². The topological polar surface area (TPSA) is 81.2 Å². The van der Waals surface area contributed by atoms with Gasteiger partial charge in [0.1, 0.15) is 11.4 Å². The molecule has 0 aromatic carbocycles. The fourth-order valence-electron chi connectivity index (χ4n) is 0.982. The van der Waals surface area contributed by atoms with Crippen LogP contribution < -0.4 is 5.32 Å². The lowest BCUT2D eigenvalue weighted by Gasteiger charge is -2.19. The molecule has 6 nitrogen and oxygen atoms in total. The highest BCUT2D eigenvalue weighted by atomic mass is 16.6. The summed E-state index contributed by atoms with van der Waals surface area (Å²) >= 11 is 0. The second kappa shape index (κ2) is 5.38. The van der Waals surface area contributed by atoms with Gasteiger partial charge in [-0.05, 0) is 20.8 Å². The average Bonchev–Trinajstić information content (AvgIpc) is 2.25. The minimum Gasteiger partial charge on any atom is -0.444 e. The minimum absolute atomic E-state index is 0.161. The van der Waals surface area contributed by atoms with Gasteiger partial charge in [-0.15, -0.1) is 0 Å². The average molecular weight is 237 g/mol. The zero-order valence-corrected chi connectivity index (χ0v) is 10.1. The van der Waals surface area contributed by atoms with Crippen molar-refractivity contribution < 1.29 is 14.3 Å². The third kappa shape index (κ3) is 5.05. The summed E-state index contributed by atoms with van der Waals surface area (Å²) < 4.78 is 5.04. The number of nitrogens with zero attached hydrogens (tertiary/aromatic N) is 2. The van der Waals surface area contributed by atoms with Crippen LogP contribution in [0, 0.1) is 0 Å². The van der Waals surface area contributed by atoms with Crippen molar-refractivity contribution in [2.24, 2.45) is 0 Å². The van der Waals surface area contributed by atoms with E-state index in [9.17, 15) is 9.59 Å². The predicted molar refractivity (Wildman–Crippen MR) is 60.5 cm³/mol. The van der Waals surface area contributed by atoms with Crippen LogP contribution in [0.3, 0.4) is 0 Å². The van der Waals surface area contributed by atoms with Crippen LogP contribution in [0.5, 0.6) is 0 Å². The fourth-order valence-corrected chi connectivity index (χ4v) is 0.982. The van der Waals surface area contributed by atoms with Crippen molar-refractivity contribution in [2.45, 2.75) is 32.9 Å². The summed E-state index contributed by atoms with van der Waals surface area (Å²) in [5.74, 6) is 0.418. The summed E-state index contributed by atoms with van der Waals surface area (Å²) in [5, 5.41) is 2.52. The van der Waals surface area contributed by atoms with Crippen molar-refractivity contribution in [3.63, 3.8) is 0 Å². The van der Waals surface area contributed by atoms with Crippen molar-refractivity contribution in [1.29, 1.82) is 0 Å². The Morgan fingerprint density at radius 1 is 1.41 bits per heavy atom. The Hall–Kier alpha value is -1.98. The Morgan fingerprint density at radius 3 is 2.47 bits per heavy atom. The summed E-state index contributed by atoms with van der Waals surface area (Å²) in [5.41, 5.74) is -0.141. The van der Waals surface area contributed by atoms with Gasteiger partial charge in [0, 0.05) is 12.4 Å². The summed E-state index contributed by atoms with van der Waals surface area (Å²) in [4.78, 5) is 29.5. The van der Waals surface area contributed by atoms with E-state index in [2.05, 4.69) is 15.3 Å². The van der Waals surface area contributed by atoms with Gasteiger partial charge in [-0.25, -0.2) is 14.8 Å². The maximum atomic E-state index is 11.3. The van der Waals surface area contributed by atoms with Crippen LogP contribution in [-0.4, -0.2) is 27.9 Å². The molecule has 92 valence electrons. The molecule has 1 aromatic rings. The first-order valence-electron chi connectivity index (χ1n) is 5.13. The first-order chi connectivity index (χ1) is 7.90. The highest BCUT2D eigenvalue weighted by Crippen LogP contribution is 2.06. The fraction of sp³-hybridized carbons (Fsp3) is 0.455. The van der Waals surface area contributed by atoms with Crippen LogP contribution in [0.1, 0.15) is 37.0 Å². The quantitative estimate of drug-likeness (QED) is 0.802. The van der Waals surface area contributed by atoms with Crippen molar-refractivity contribution in [2.75, 3.05) is 0 Å². The number of rotatable bonds is 3. The molecule has 0 radical (unpaired) electrons. The van der Waals surface area contributed by atoms with E-state index in [0.717, 1.165) is 0 Å². The number of aromatic nitrogens is 2. The molecular weight excluding hydrogens is 222 g/mol. The Bertz CT molecular complexity index is 395. The predicted octanol–water partition coefficient (Wildman–Crippen LogP) is 1.31. The van der Waals surface area contributed by atoms with Crippen LogP contribution in [0.25, 0.3) is 0 Å². The number of ether oxygens (including phenoxy) is 1. The molecule has 1 amide bonds. The molecule has 1 rings (SSSR count). The Balaban J connectivity index is 2.44. The third-order valence-electron chi connectivity index (χ3n) is 1.65. The SMILES string of the molecule is CC(C)(C)OC(=O)NCc1ncc(C=O)cn1. The van der Waals surface area contributed by atoms with Crippen molar-refractivity contribution in [1.82, 2.24) is 15.3 Å². The number of nitrogens with one attached hydrogen (secondary N) is 1. The molecule has 6 heteroatoms. The Kier molecular flexibility index (Phi) is 4.14. The number of hydrogen-bond acceptors (Lipinski definition) is 5. The van der Waals surface area contributed by atoms with Gasteiger partial charge < -0.3 is 10.1 Å². The minimum atomic E-state index is -0.535. The van der Waals surface area contributed by atoms with E-state index < -0.39 is 11.7 Å². The zero-order chi connectivity index (χ0) is 12.9. The standard InChI is InChI=1S/C11H15N3O3/c1-11(2,3)17-10(16)14-6-9-12-4-8(7-15)5-13-9/h4-5,7H,6H2,1-3H3,(H,14,16). The van der Waals surface area contributed by atoms with Gasteiger partial charge >= 0.3 is 6.09 Å². The van der Waals surface area contributed by atoms with Crippen LogP contribution in [0.2, 0.25) is 0 Å². The second-order valence-electron chi connectivity index (χ2n) is 4.41. The number of carbonyl (C=O) groups excluding carboxylic acids is 2. The zero-order valence-electron chi connectivity index (χ0n) is 10.1. The van der Waals surface area contributed by atoms with Crippen molar-refractivity contribution >= 4 is 12.4 Å². The molecule has 1 aromatic heterocycles. The smallest absolute Gasteiger partial charge is 0.408 e. The number of hydrogen-bond donors (Lipinski definition) is 1. The lowest BCUT2D eigenvalue weighted by molar-refractivity contribution is 0.0522. The number of aldehydes is 1. The summed E-state index contributed by atoms with van der Waals surface area (Å²) in [7, 11) is 0. The van der Waals surface area contributed by atoms with E-state index >= 15 is 0 Å². The molecule has 0 aliphatic carbocycles. The second-order valence-corrected chi connectivity index (χ2v) is 4.41. The molecule has 0 saturated carbocycles. The molecule has 17 heavy (non-hydrogen) atoms. The van der Waals surface area contributed by atoms with Gasteiger partial charge in [-0.1, -0.05) is 0 Å². The normalized spacial score (nSPS) is 10.8. The molecular formula is C11H15N3O3. The van der Waals surface area contributed by atoms with Crippen LogP contribution in [0.15, 0.2) is 12.4 Å². The third-order valence-corrected chi connectivity index (χ3v) is 1.65. The molecule has 1 N–H and O–H groups in total. The maximum absolute atomic E-state index is 11.3. The Morgan fingerprint density at radius 2 is 2.00 bits per heavy atom. The van der Waals surface area contributed by atoms with Gasteiger partial charge in [0.05, 0.1) is 12.1 Å². The molecule has 0 unspecified atom stereocenters. The molecule has 1 heterocycles. The van der Waals surface area contributed by atoms with Gasteiger partial charge in [-0.2, -0.15) is 0 Å². The summed E-state index contributed by atoms with van der Waals surface area (Å²) in [6, 6.07) is 0. The van der Waals surface area contributed by atoms with E-state index in [4.69, 9.17) is 4.74 Å². The molecule has 0 atom stereocenters. The largest absolute Gasteiger partial charge is 0.444 e. The summed E-state index contributed by atoms with van der Waals surface area (Å²) in [6.45, 7) is 5.50. The van der Waals surface area contributed by atoms with Gasteiger partial charge in [-0.3, -0.25) is 4.79 Å². The first-order valence-corrected chi connectivity index (χ1v) is 5.13. The molecule has 0 aliphatic heterocycles. The van der Waals surface area contributed by atoms with Crippen molar-refractivity contribution in [3.8, 4) is 0 Å². The van der Waals surface area contributed by atoms with Crippen LogP contribution in [-0.2, 0) is 11.3 Å². The lowest BCUT2D eigenvalue weighted by atomic mass is 10.2. The Labute approximate surface area is 99.4 Å². The van der Waals surface area contributed by atoms with E-state index in [1.807, 2.05) is 0 Å². The number of alkyl carbamates (subject to hydrolysis) is 1. The van der Waals surface area contributed by atoms with E-state index in [1.54, 1.807) is 20.8 Å². The molecule has 0 bridgehead atoms. The van der Waals surface area contributed by atoms with Crippen molar-refractivity contribution in [3.05, 3.63) is 23.8 Å². The molecule has 0 aliphatic rings. The molecule has 0 saturated heterocycles. The maximum Gasteiger partial charge on any atom is 0.408 e. The van der Waals surface area contributed by atoms with Crippen LogP contribution in [0.4, 0.5) is 4.79 Å². The van der Waals surface area contributed by atoms with Gasteiger partial charge in [0.15, 0.2) is 6.29 Å². The van der Waals surface area contributed by atoms with Gasteiger partial charge in [0.2, 0.25) is 0 Å². The summed E-state index contributed by atoms with van der Waals surface area (Å²) in [6.07, 6.45) is 2.92. The molecule has 0 fully saturated rings. The van der Waals surface area contributed by atoms with Gasteiger partial charge in [0.25, 0.3) is 0 Å².